The minimum Gasteiger partial charge on any atom is -0.492 e. The lowest BCUT2D eigenvalue weighted by Gasteiger charge is -2.29. The number of fused-ring (bicyclic) bond motifs is 1. The number of unbranched alkanes of at least 4 members (excludes halogenated alkanes) is 1. The minimum absolute atomic E-state index is 0.189. The van der Waals surface area contributed by atoms with Crippen LogP contribution in [0.1, 0.15) is 39.0 Å². The van der Waals surface area contributed by atoms with E-state index in [-0.39, 0.29) is 16.8 Å². The molecule has 5 nitrogen and oxygen atoms in total. The van der Waals surface area contributed by atoms with Gasteiger partial charge in [0, 0.05) is 31.4 Å². The van der Waals surface area contributed by atoms with E-state index in [1.165, 1.54) is 16.4 Å². The summed E-state index contributed by atoms with van der Waals surface area (Å²) >= 11 is 1.54. The van der Waals surface area contributed by atoms with Crippen molar-refractivity contribution in [3.8, 4) is 5.75 Å². The first-order chi connectivity index (χ1) is 15.3. The number of likely N-dealkylation sites (N-methyl/N-ethyl adjacent to an activating group) is 1. The zero-order chi connectivity index (χ0) is 22.9. The van der Waals surface area contributed by atoms with Crippen molar-refractivity contribution in [2.45, 2.75) is 54.9 Å². The van der Waals surface area contributed by atoms with E-state index < -0.39 is 10.0 Å². The predicted molar refractivity (Wildman–Crippen MR) is 128 cm³/mol. The molecule has 0 aromatic heterocycles. The van der Waals surface area contributed by atoms with Gasteiger partial charge in [0.2, 0.25) is 10.0 Å². The van der Waals surface area contributed by atoms with Gasteiger partial charge in [-0.1, -0.05) is 19.8 Å². The number of ether oxygens (including phenoxy) is 1. The number of hydrogen-bond donors (Lipinski definition) is 0. The van der Waals surface area contributed by atoms with E-state index in [0.29, 0.717) is 30.5 Å². The second-order valence-electron chi connectivity index (χ2n) is 8.63. The molecule has 8 heteroatoms. The average Bonchev–Trinajstić information content (AvgIpc) is 3.62. The van der Waals surface area contributed by atoms with Crippen LogP contribution in [0.2, 0.25) is 0 Å². The first-order valence-corrected chi connectivity index (χ1v) is 13.9. The van der Waals surface area contributed by atoms with Crippen LogP contribution in [0.15, 0.2) is 46.2 Å². The third-order valence-corrected chi connectivity index (χ3v) is 9.00. The van der Waals surface area contributed by atoms with Crippen LogP contribution in [-0.4, -0.2) is 45.2 Å². The standard InChI is InChI=1S/C24H31FN2O3S2/c1-4-5-6-20-15-27(19-11-9-18(25)10-12-19)21-13-23(31-3)22(30-16-17-7-8-17)14-24(21)32(28,29)26(20)2/h9-14,17,20H,4-8,15-16H2,1-3H3. The fraction of sp³-hybridized carbons (Fsp3) is 0.500. The van der Waals surface area contributed by atoms with Crippen LogP contribution in [0.5, 0.6) is 5.75 Å². The zero-order valence-corrected chi connectivity index (χ0v) is 20.5. The first kappa shape index (κ1) is 23.4. The average molecular weight is 479 g/mol. The SMILES string of the molecule is CCCCC1CN(c2ccc(F)cc2)c2cc(SC)c(OCC3CC3)cc2S(=O)(=O)N1C. The quantitative estimate of drug-likeness (QED) is 0.458. The Bertz CT molecular complexity index is 1060. The third kappa shape index (κ3) is 4.77. The van der Waals surface area contributed by atoms with Crippen LogP contribution < -0.4 is 9.64 Å². The second-order valence-corrected chi connectivity index (χ2v) is 11.4. The molecule has 32 heavy (non-hydrogen) atoms. The molecule has 1 aliphatic heterocycles. The molecule has 2 aliphatic rings. The Morgan fingerprint density at radius 3 is 2.53 bits per heavy atom. The largest absolute Gasteiger partial charge is 0.492 e. The molecule has 2 aromatic carbocycles. The molecule has 4 rings (SSSR count). The van der Waals surface area contributed by atoms with Crippen molar-refractivity contribution in [3.05, 3.63) is 42.2 Å². The van der Waals surface area contributed by atoms with Crippen LogP contribution >= 0.6 is 11.8 Å². The molecule has 2 aromatic rings. The zero-order valence-electron chi connectivity index (χ0n) is 18.9. The number of thioether (sulfide) groups is 1. The van der Waals surface area contributed by atoms with Crippen LogP contribution in [-0.2, 0) is 10.0 Å². The van der Waals surface area contributed by atoms with Gasteiger partial charge in [0.25, 0.3) is 0 Å². The molecule has 1 unspecified atom stereocenters. The molecule has 174 valence electrons. The topological polar surface area (TPSA) is 49.9 Å². The van der Waals surface area contributed by atoms with Crippen molar-refractivity contribution in [1.82, 2.24) is 4.31 Å². The van der Waals surface area contributed by atoms with Gasteiger partial charge in [-0.25, -0.2) is 12.8 Å². The minimum atomic E-state index is -3.73. The summed E-state index contributed by atoms with van der Waals surface area (Å²) in [5.41, 5.74) is 1.39. The van der Waals surface area contributed by atoms with E-state index in [2.05, 4.69) is 6.92 Å². The van der Waals surface area contributed by atoms with Crippen LogP contribution in [0, 0.1) is 11.7 Å². The Balaban J connectivity index is 1.85. The van der Waals surface area contributed by atoms with E-state index in [1.54, 1.807) is 37.0 Å². The van der Waals surface area contributed by atoms with Crippen molar-refractivity contribution in [2.24, 2.45) is 5.92 Å². The molecular formula is C24H31FN2O3S2. The maximum atomic E-state index is 13.7. The fourth-order valence-corrected chi connectivity index (χ4v) is 6.18. The summed E-state index contributed by atoms with van der Waals surface area (Å²) in [7, 11) is -2.06. The summed E-state index contributed by atoms with van der Waals surface area (Å²) in [6.45, 7) is 3.22. The summed E-state index contributed by atoms with van der Waals surface area (Å²) in [6, 6.07) is 9.68. The van der Waals surface area contributed by atoms with Gasteiger partial charge in [0.15, 0.2) is 0 Å². The van der Waals surface area contributed by atoms with E-state index in [4.69, 9.17) is 4.74 Å². The summed E-state index contributed by atoms with van der Waals surface area (Å²) in [6.07, 6.45) is 6.98. The lowest BCUT2D eigenvalue weighted by Crippen LogP contribution is -2.40. The lowest BCUT2D eigenvalue weighted by molar-refractivity contribution is 0.292. The van der Waals surface area contributed by atoms with Crippen molar-refractivity contribution >= 4 is 33.2 Å². The number of hydrogen-bond acceptors (Lipinski definition) is 5. The fourth-order valence-electron chi connectivity index (χ4n) is 4.07. The maximum absolute atomic E-state index is 13.7. The molecule has 0 bridgehead atoms. The molecule has 0 spiro atoms. The molecule has 1 fully saturated rings. The van der Waals surface area contributed by atoms with Crippen LogP contribution in [0.3, 0.4) is 0 Å². The van der Waals surface area contributed by atoms with Gasteiger partial charge in [-0.15, -0.1) is 11.8 Å². The Kier molecular flexibility index (Phi) is 7.03. The Labute approximate surface area is 195 Å². The lowest BCUT2D eigenvalue weighted by atomic mass is 10.1. The molecule has 1 aliphatic carbocycles. The Morgan fingerprint density at radius 2 is 1.91 bits per heavy atom. The smallest absolute Gasteiger partial charge is 0.245 e. The monoisotopic (exact) mass is 478 g/mol. The van der Waals surface area contributed by atoms with Gasteiger partial charge < -0.3 is 9.64 Å². The number of anilines is 2. The van der Waals surface area contributed by atoms with Gasteiger partial charge >= 0.3 is 0 Å². The molecule has 1 saturated carbocycles. The van der Waals surface area contributed by atoms with Gasteiger partial charge in [0.1, 0.15) is 16.5 Å². The predicted octanol–water partition coefficient (Wildman–Crippen LogP) is 5.67. The number of sulfonamides is 1. The number of rotatable bonds is 8. The number of benzene rings is 2. The van der Waals surface area contributed by atoms with E-state index >= 15 is 0 Å². The Hall–Kier alpha value is -1.77. The van der Waals surface area contributed by atoms with Gasteiger partial charge in [-0.2, -0.15) is 4.31 Å². The van der Waals surface area contributed by atoms with Crippen LogP contribution in [0.25, 0.3) is 0 Å². The highest BCUT2D eigenvalue weighted by molar-refractivity contribution is 7.98. The summed E-state index contributed by atoms with van der Waals surface area (Å²) < 4.78 is 48.6. The first-order valence-electron chi connectivity index (χ1n) is 11.2. The van der Waals surface area contributed by atoms with Gasteiger partial charge in [-0.3, -0.25) is 0 Å². The molecule has 0 saturated heterocycles. The van der Waals surface area contributed by atoms with Crippen molar-refractivity contribution < 1.29 is 17.5 Å². The molecule has 0 radical (unpaired) electrons. The molecule has 0 N–H and O–H groups in total. The third-order valence-electron chi connectivity index (χ3n) is 6.30. The number of halogens is 1. The van der Waals surface area contributed by atoms with Crippen molar-refractivity contribution in [2.75, 3.05) is 31.4 Å². The molecule has 1 heterocycles. The molecule has 0 amide bonds. The highest BCUT2D eigenvalue weighted by Gasteiger charge is 2.37. The van der Waals surface area contributed by atoms with E-state index in [9.17, 15) is 12.8 Å². The van der Waals surface area contributed by atoms with Crippen molar-refractivity contribution in [3.63, 3.8) is 0 Å². The van der Waals surface area contributed by atoms with Gasteiger partial charge in [-0.05, 0) is 61.8 Å². The highest BCUT2D eigenvalue weighted by atomic mass is 32.2. The highest BCUT2D eigenvalue weighted by Crippen LogP contribution is 2.44. The van der Waals surface area contributed by atoms with Crippen molar-refractivity contribution in [1.29, 1.82) is 0 Å². The second kappa shape index (κ2) is 9.61. The van der Waals surface area contributed by atoms with Gasteiger partial charge in [0.05, 0.1) is 17.2 Å². The normalized spacial score (nSPS) is 20.6. The van der Waals surface area contributed by atoms with E-state index in [0.717, 1.165) is 42.7 Å². The number of nitrogens with zero attached hydrogens (tertiary/aromatic N) is 2. The molecular weight excluding hydrogens is 447 g/mol. The Morgan fingerprint density at radius 1 is 1.19 bits per heavy atom. The van der Waals surface area contributed by atoms with Crippen LogP contribution in [0.4, 0.5) is 15.8 Å². The summed E-state index contributed by atoms with van der Waals surface area (Å²) in [5, 5.41) is 0. The summed E-state index contributed by atoms with van der Waals surface area (Å²) in [5.74, 6) is 0.868. The summed E-state index contributed by atoms with van der Waals surface area (Å²) in [4.78, 5) is 3.16. The maximum Gasteiger partial charge on any atom is 0.245 e. The molecule has 1 atom stereocenters. The van der Waals surface area contributed by atoms with E-state index in [1.807, 2.05) is 17.2 Å².